The number of nitrogens with one attached hydrogen (secondary N) is 1. The van der Waals surface area contributed by atoms with Crippen molar-refractivity contribution in [1.29, 1.82) is 0 Å². The molecule has 0 spiro atoms. The van der Waals surface area contributed by atoms with Gasteiger partial charge in [-0.25, -0.2) is 0 Å². The summed E-state index contributed by atoms with van der Waals surface area (Å²) in [6.07, 6.45) is 17.9. The van der Waals surface area contributed by atoms with E-state index < -0.39 is 5.60 Å². The lowest BCUT2D eigenvalue weighted by atomic mass is 9.93. The minimum absolute atomic E-state index is 0.131. The maximum atomic E-state index is 13.0. The van der Waals surface area contributed by atoms with E-state index in [1.54, 1.807) is 0 Å². The van der Waals surface area contributed by atoms with Crippen molar-refractivity contribution in [3.8, 4) is 0 Å². The van der Waals surface area contributed by atoms with E-state index in [1.807, 2.05) is 13.8 Å². The van der Waals surface area contributed by atoms with E-state index in [2.05, 4.69) is 12.2 Å². The normalized spacial score (nSPS) is 14.3. The fraction of sp³-hybridized carbons (Fsp3) is 0.750. The Balaban J connectivity index is 2.35. The highest BCUT2D eigenvalue weighted by Gasteiger charge is 2.29. The number of methoxy groups -OCH3 is 1. The smallest absolute Gasteiger partial charge is 0.293 e. The molecular formula is C28H47NO5. The van der Waals surface area contributed by atoms with Crippen molar-refractivity contribution in [2.45, 2.75) is 123 Å². The Kier molecular flexibility index (Phi) is 15.3. The number of rotatable bonds is 21. The van der Waals surface area contributed by atoms with Gasteiger partial charge in [0.2, 0.25) is 11.6 Å². The molecule has 0 amide bonds. The molecule has 0 saturated heterocycles. The predicted octanol–water partition coefficient (Wildman–Crippen LogP) is 6.34. The van der Waals surface area contributed by atoms with E-state index >= 15 is 0 Å². The highest BCUT2D eigenvalue weighted by atomic mass is 16.5. The Labute approximate surface area is 206 Å². The summed E-state index contributed by atoms with van der Waals surface area (Å²) >= 11 is 0. The molecule has 0 aromatic heterocycles. The number of carbonyl (C=O) groups excluding carboxylic acids is 3. The molecule has 0 unspecified atom stereocenters. The molecule has 194 valence electrons. The zero-order valence-electron chi connectivity index (χ0n) is 22.0. The minimum Gasteiger partial charge on any atom is -0.492 e. The molecule has 0 fully saturated rings. The Hall–Kier alpha value is -2.11. The van der Waals surface area contributed by atoms with Crippen LogP contribution in [0.1, 0.15) is 117 Å². The second kappa shape index (κ2) is 17.3. The van der Waals surface area contributed by atoms with Crippen LogP contribution in [0.4, 0.5) is 0 Å². The molecule has 0 radical (unpaired) electrons. The standard InChI is InChI=1S/C28H47NO5/c1-5-6-7-8-9-10-11-12-13-14-15-18-23-26(32)24(21-25(31)27(23)33-4)29-20-17-16-19-28(2,3)34-22-30/h21-22,29H,5-20H2,1-4H3. The summed E-state index contributed by atoms with van der Waals surface area (Å²) in [6, 6.07) is 0. The highest BCUT2D eigenvalue weighted by molar-refractivity contribution is 6.21. The monoisotopic (exact) mass is 477 g/mol. The molecule has 1 aliphatic rings. The summed E-state index contributed by atoms with van der Waals surface area (Å²) < 4.78 is 10.3. The van der Waals surface area contributed by atoms with Gasteiger partial charge in [-0.2, -0.15) is 0 Å². The van der Waals surface area contributed by atoms with Crippen LogP contribution in [0, 0.1) is 0 Å². The molecule has 0 aromatic rings. The van der Waals surface area contributed by atoms with Crippen LogP contribution in [0.25, 0.3) is 0 Å². The van der Waals surface area contributed by atoms with Crippen molar-refractivity contribution >= 4 is 18.0 Å². The molecule has 1 aliphatic carbocycles. The van der Waals surface area contributed by atoms with Gasteiger partial charge >= 0.3 is 0 Å². The second-order valence-electron chi connectivity index (χ2n) is 9.91. The predicted molar refractivity (Wildman–Crippen MR) is 136 cm³/mol. The molecular weight excluding hydrogens is 430 g/mol. The first-order chi connectivity index (χ1) is 16.4. The molecule has 6 nitrogen and oxygen atoms in total. The minimum atomic E-state index is -0.491. The van der Waals surface area contributed by atoms with Gasteiger partial charge in [0, 0.05) is 18.2 Å². The fourth-order valence-electron chi connectivity index (χ4n) is 4.31. The molecule has 0 bridgehead atoms. The maximum absolute atomic E-state index is 13.0. The van der Waals surface area contributed by atoms with E-state index in [9.17, 15) is 14.4 Å². The number of ketones is 2. The molecule has 0 heterocycles. The molecule has 0 saturated carbocycles. The maximum Gasteiger partial charge on any atom is 0.293 e. The molecule has 1 rings (SSSR count). The van der Waals surface area contributed by atoms with Crippen molar-refractivity contribution in [3.05, 3.63) is 23.1 Å². The van der Waals surface area contributed by atoms with E-state index in [0.717, 1.165) is 38.5 Å². The summed E-state index contributed by atoms with van der Waals surface area (Å²) in [5, 5.41) is 3.13. The van der Waals surface area contributed by atoms with E-state index in [-0.39, 0.29) is 17.3 Å². The number of hydrogen-bond donors (Lipinski definition) is 1. The summed E-state index contributed by atoms with van der Waals surface area (Å²) in [6.45, 7) is 7.05. The second-order valence-corrected chi connectivity index (χ2v) is 9.91. The van der Waals surface area contributed by atoms with Crippen LogP contribution in [0.5, 0.6) is 0 Å². The summed E-state index contributed by atoms with van der Waals surface area (Å²) in [5.41, 5.74) is 0.358. The SMILES string of the molecule is CCCCCCCCCCCCCC1=C(OC)C(=O)C=C(NCCCCC(C)(C)OC=O)C1=O. The summed E-state index contributed by atoms with van der Waals surface area (Å²) in [7, 11) is 1.45. The lowest BCUT2D eigenvalue weighted by Crippen LogP contribution is -2.29. The molecule has 6 heteroatoms. The zero-order valence-corrected chi connectivity index (χ0v) is 22.0. The summed E-state index contributed by atoms with van der Waals surface area (Å²) in [4.78, 5) is 36.0. The third kappa shape index (κ3) is 11.8. The van der Waals surface area contributed by atoms with Gasteiger partial charge in [0.05, 0.1) is 12.8 Å². The van der Waals surface area contributed by atoms with Gasteiger partial charge in [0.25, 0.3) is 6.47 Å². The number of Topliss-reactive ketones (excluding diaryl/α,β-unsaturated/α-hetero) is 1. The average Bonchev–Trinajstić information content (AvgIpc) is 2.79. The van der Waals surface area contributed by atoms with Crippen LogP contribution in [0.2, 0.25) is 0 Å². The number of hydrogen-bond acceptors (Lipinski definition) is 6. The molecule has 0 aromatic carbocycles. The number of allylic oxidation sites excluding steroid dienone is 2. The van der Waals surface area contributed by atoms with Gasteiger partial charge in [0.1, 0.15) is 5.60 Å². The van der Waals surface area contributed by atoms with Gasteiger partial charge < -0.3 is 14.8 Å². The third-order valence-corrected chi connectivity index (χ3v) is 6.41. The van der Waals surface area contributed by atoms with Crippen LogP contribution < -0.4 is 5.32 Å². The first kappa shape index (κ1) is 29.9. The third-order valence-electron chi connectivity index (χ3n) is 6.41. The van der Waals surface area contributed by atoms with Gasteiger partial charge in [-0.3, -0.25) is 14.4 Å². The number of unbranched alkanes of at least 4 members (excludes halogenated alkanes) is 11. The van der Waals surface area contributed by atoms with E-state index in [0.29, 0.717) is 30.7 Å². The van der Waals surface area contributed by atoms with Crippen LogP contribution in [0.15, 0.2) is 23.1 Å². The molecule has 1 N–H and O–H groups in total. The van der Waals surface area contributed by atoms with E-state index in [4.69, 9.17) is 9.47 Å². The fourth-order valence-corrected chi connectivity index (χ4v) is 4.31. The van der Waals surface area contributed by atoms with Gasteiger partial charge in [-0.1, -0.05) is 71.1 Å². The average molecular weight is 478 g/mol. The topological polar surface area (TPSA) is 81.7 Å². The molecule has 0 atom stereocenters. The van der Waals surface area contributed by atoms with Crippen molar-refractivity contribution in [2.75, 3.05) is 13.7 Å². The van der Waals surface area contributed by atoms with Crippen LogP contribution >= 0.6 is 0 Å². The van der Waals surface area contributed by atoms with Gasteiger partial charge in [-0.05, 0) is 46.0 Å². The lowest BCUT2D eigenvalue weighted by molar-refractivity contribution is -0.140. The Bertz CT molecular complexity index is 693. The molecule has 34 heavy (non-hydrogen) atoms. The van der Waals surface area contributed by atoms with E-state index in [1.165, 1.54) is 64.6 Å². The molecule has 0 aliphatic heterocycles. The van der Waals surface area contributed by atoms with Crippen LogP contribution in [-0.4, -0.2) is 37.3 Å². The Morgan fingerprint density at radius 2 is 1.47 bits per heavy atom. The first-order valence-electron chi connectivity index (χ1n) is 13.3. The van der Waals surface area contributed by atoms with Gasteiger partial charge in [-0.15, -0.1) is 0 Å². The van der Waals surface area contributed by atoms with Crippen LogP contribution in [-0.2, 0) is 23.9 Å². The number of ether oxygens (including phenoxy) is 2. The Morgan fingerprint density at radius 3 is 2.03 bits per heavy atom. The van der Waals surface area contributed by atoms with Crippen molar-refractivity contribution in [2.24, 2.45) is 0 Å². The van der Waals surface area contributed by atoms with Crippen molar-refractivity contribution < 1.29 is 23.9 Å². The largest absolute Gasteiger partial charge is 0.492 e. The van der Waals surface area contributed by atoms with Crippen molar-refractivity contribution in [3.63, 3.8) is 0 Å². The number of carbonyl (C=O) groups is 3. The lowest BCUT2D eigenvalue weighted by Gasteiger charge is -2.22. The Morgan fingerprint density at radius 1 is 0.882 bits per heavy atom. The van der Waals surface area contributed by atoms with Crippen molar-refractivity contribution in [1.82, 2.24) is 5.32 Å². The highest BCUT2D eigenvalue weighted by Crippen LogP contribution is 2.24. The quantitative estimate of drug-likeness (QED) is 0.118. The van der Waals surface area contributed by atoms with Crippen LogP contribution in [0.3, 0.4) is 0 Å². The van der Waals surface area contributed by atoms with Gasteiger partial charge in [0.15, 0.2) is 5.76 Å². The first-order valence-corrected chi connectivity index (χ1v) is 13.3. The summed E-state index contributed by atoms with van der Waals surface area (Å²) in [5.74, 6) is -0.188. The zero-order chi connectivity index (χ0) is 25.2.